The zero-order valence-corrected chi connectivity index (χ0v) is 14.9. The average molecular weight is 367 g/mol. The molecule has 2 aromatic rings. The Morgan fingerprint density at radius 1 is 1.08 bits per heavy atom. The number of alkyl halides is 3. The van der Waals surface area contributed by atoms with Crippen LogP contribution in [0.25, 0.3) is 5.65 Å². The van der Waals surface area contributed by atoms with Crippen molar-refractivity contribution < 1.29 is 17.9 Å². The van der Waals surface area contributed by atoms with E-state index in [4.69, 9.17) is 9.84 Å². The molecule has 0 aromatic carbocycles. The highest BCUT2D eigenvalue weighted by Crippen LogP contribution is 2.42. The number of hydrogen-bond acceptors (Lipinski definition) is 3. The highest BCUT2D eigenvalue weighted by Gasteiger charge is 2.42. The van der Waals surface area contributed by atoms with Gasteiger partial charge in [0.05, 0.1) is 23.9 Å². The van der Waals surface area contributed by atoms with Gasteiger partial charge in [-0.05, 0) is 51.5 Å². The highest BCUT2D eigenvalue weighted by atomic mass is 19.4. The number of nitrogens with zero attached hydrogens (tertiary/aromatic N) is 3. The molecular formula is C19H24F3N3O. The molecule has 4 nitrogen and oxygen atoms in total. The number of aromatic nitrogens is 3. The molecule has 2 fully saturated rings. The van der Waals surface area contributed by atoms with E-state index in [0.717, 1.165) is 42.2 Å². The number of rotatable bonds is 2. The first-order valence-corrected chi connectivity index (χ1v) is 9.43. The Morgan fingerprint density at radius 3 is 2.50 bits per heavy atom. The third-order valence-corrected chi connectivity index (χ3v) is 5.79. The summed E-state index contributed by atoms with van der Waals surface area (Å²) in [5, 5.41) is 4.76. The van der Waals surface area contributed by atoms with E-state index in [0.29, 0.717) is 25.4 Å². The van der Waals surface area contributed by atoms with E-state index in [-0.39, 0.29) is 18.8 Å². The van der Waals surface area contributed by atoms with E-state index in [1.165, 1.54) is 0 Å². The van der Waals surface area contributed by atoms with E-state index < -0.39 is 12.1 Å². The van der Waals surface area contributed by atoms with Crippen molar-refractivity contribution in [3.05, 3.63) is 29.2 Å². The van der Waals surface area contributed by atoms with Gasteiger partial charge in [0.15, 0.2) is 5.65 Å². The standard InChI is InChI=1S/C19H24F3N3O/c1-12-9-17(14-3-2-8-26-11-14)25-18(23-12)10-16(24-25)13-4-6-15(7-5-13)19(20,21)22/h9-10,13-15H,2-8,11H2,1H3/t13-,14?,15-. The number of hydrogen-bond donors (Lipinski definition) is 0. The second-order valence-corrected chi connectivity index (χ2v) is 7.67. The van der Waals surface area contributed by atoms with Crippen LogP contribution in [0.1, 0.15) is 67.4 Å². The lowest BCUT2D eigenvalue weighted by molar-refractivity contribution is -0.182. The number of ether oxygens (including phenoxy) is 1. The van der Waals surface area contributed by atoms with Crippen LogP contribution in [0.4, 0.5) is 13.2 Å². The van der Waals surface area contributed by atoms with Crippen LogP contribution < -0.4 is 0 Å². The van der Waals surface area contributed by atoms with Crippen molar-refractivity contribution in [2.45, 2.75) is 63.5 Å². The molecule has 0 amide bonds. The van der Waals surface area contributed by atoms with Crippen molar-refractivity contribution in [1.82, 2.24) is 14.6 Å². The number of fused-ring (bicyclic) bond motifs is 1. The molecule has 4 rings (SSSR count). The Morgan fingerprint density at radius 2 is 1.85 bits per heavy atom. The predicted octanol–water partition coefficient (Wildman–Crippen LogP) is 4.77. The molecule has 1 unspecified atom stereocenters. The molecule has 1 aliphatic heterocycles. The maximum Gasteiger partial charge on any atom is 0.391 e. The van der Waals surface area contributed by atoms with Gasteiger partial charge in [0, 0.05) is 30.2 Å². The van der Waals surface area contributed by atoms with Gasteiger partial charge in [-0.15, -0.1) is 0 Å². The highest BCUT2D eigenvalue weighted by molar-refractivity contribution is 5.43. The third kappa shape index (κ3) is 3.46. The van der Waals surface area contributed by atoms with Crippen LogP contribution >= 0.6 is 0 Å². The molecule has 1 aliphatic carbocycles. The molecule has 142 valence electrons. The summed E-state index contributed by atoms with van der Waals surface area (Å²) in [5.41, 5.74) is 3.70. The van der Waals surface area contributed by atoms with Crippen LogP contribution in [0.2, 0.25) is 0 Å². The second-order valence-electron chi connectivity index (χ2n) is 7.67. The molecule has 3 heterocycles. The first kappa shape index (κ1) is 17.8. The second kappa shape index (κ2) is 6.83. The Bertz CT molecular complexity index is 772. The molecule has 1 saturated carbocycles. The summed E-state index contributed by atoms with van der Waals surface area (Å²) in [5.74, 6) is -0.779. The SMILES string of the molecule is Cc1cc(C2CCCOC2)n2nc([C@H]3CC[C@H](C(F)(F)F)CC3)cc2n1. The summed E-state index contributed by atoms with van der Waals surface area (Å²) in [6.45, 7) is 3.45. The van der Waals surface area contributed by atoms with Gasteiger partial charge in [-0.3, -0.25) is 0 Å². The Hall–Kier alpha value is -1.63. The van der Waals surface area contributed by atoms with E-state index in [2.05, 4.69) is 11.1 Å². The minimum absolute atomic E-state index is 0.0889. The van der Waals surface area contributed by atoms with E-state index in [1.54, 1.807) is 0 Å². The largest absolute Gasteiger partial charge is 0.391 e. The summed E-state index contributed by atoms with van der Waals surface area (Å²) in [7, 11) is 0. The monoisotopic (exact) mass is 367 g/mol. The van der Waals surface area contributed by atoms with Gasteiger partial charge in [0.2, 0.25) is 0 Å². The summed E-state index contributed by atoms with van der Waals surface area (Å²) in [6.07, 6.45) is -0.524. The smallest absolute Gasteiger partial charge is 0.381 e. The van der Waals surface area contributed by atoms with Gasteiger partial charge in [0.25, 0.3) is 0 Å². The van der Waals surface area contributed by atoms with E-state index in [9.17, 15) is 13.2 Å². The molecular weight excluding hydrogens is 343 g/mol. The normalized spacial score (nSPS) is 27.8. The lowest BCUT2D eigenvalue weighted by Crippen LogP contribution is -2.27. The zero-order valence-electron chi connectivity index (χ0n) is 14.9. The Labute approximate surface area is 150 Å². The van der Waals surface area contributed by atoms with Gasteiger partial charge in [-0.1, -0.05) is 0 Å². The molecule has 0 N–H and O–H groups in total. The fourth-order valence-corrected chi connectivity index (χ4v) is 4.33. The third-order valence-electron chi connectivity index (χ3n) is 5.79. The molecule has 1 atom stereocenters. The lowest BCUT2D eigenvalue weighted by atomic mass is 9.80. The molecule has 0 radical (unpaired) electrons. The van der Waals surface area contributed by atoms with Gasteiger partial charge in [-0.25, -0.2) is 9.50 Å². The molecule has 0 spiro atoms. The van der Waals surface area contributed by atoms with Crippen LogP contribution in [0.15, 0.2) is 12.1 Å². The maximum atomic E-state index is 12.9. The topological polar surface area (TPSA) is 39.4 Å². The van der Waals surface area contributed by atoms with Gasteiger partial charge < -0.3 is 4.74 Å². The summed E-state index contributed by atoms with van der Waals surface area (Å²) in [4.78, 5) is 4.58. The first-order valence-electron chi connectivity index (χ1n) is 9.43. The van der Waals surface area contributed by atoms with Crippen molar-refractivity contribution in [3.8, 4) is 0 Å². The Kier molecular flexibility index (Phi) is 4.67. The van der Waals surface area contributed by atoms with Crippen LogP contribution in [0, 0.1) is 12.8 Å². The van der Waals surface area contributed by atoms with E-state index in [1.807, 2.05) is 17.5 Å². The predicted molar refractivity (Wildman–Crippen MR) is 91.3 cm³/mol. The zero-order chi connectivity index (χ0) is 18.3. The van der Waals surface area contributed by atoms with E-state index >= 15 is 0 Å². The van der Waals surface area contributed by atoms with Gasteiger partial charge >= 0.3 is 6.18 Å². The Balaban J connectivity index is 1.60. The fourth-order valence-electron chi connectivity index (χ4n) is 4.33. The summed E-state index contributed by atoms with van der Waals surface area (Å²) >= 11 is 0. The van der Waals surface area contributed by atoms with Crippen molar-refractivity contribution in [3.63, 3.8) is 0 Å². The van der Waals surface area contributed by atoms with Crippen molar-refractivity contribution >= 4 is 5.65 Å². The average Bonchev–Trinajstić information content (AvgIpc) is 3.05. The molecule has 2 aromatic heterocycles. The molecule has 0 bridgehead atoms. The van der Waals surface area contributed by atoms with Crippen LogP contribution in [-0.2, 0) is 4.74 Å². The summed E-state index contributed by atoms with van der Waals surface area (Å²) in [6, 6.07) is 4.02. The molecule has 2 aliphatic rings. The minimum Gasteiger partial charge on any atom is -0.381 e. The number of aryl methyl sites for hydroxylation is 1. The van der Waals surface area contributed by atoms with Crippen molar-refractivity contribution in [2.75, 3.05) is 13.2 Å². The van der Waals surface area contributed by atoms with Crippen molar-refractivity contribution in [2.24, 2.45) is 5.92 Å². The van der Waals surface area contributed by atoms with Crippen LogP contribution in [-0.4, -0.2) is 34.0 Å². The lowest BCUT2D eigenvalue weighted by Gasteiger charge is -2.28. The van der Waals surface area contributed by atoms with Gasteiger partial charge in [0.1, 0.15) is 0 Å². The fraction of sp³-hybridized carbons (Fsp3) is 0.684. The van der Waals surface area contributed by atoms with Crippen LogP contribution in [0.3, 0.4) is 0 Å². The summed E-state index contributed by atoms with van der Waals surface area (Å²) < 4.78 is 46.2. The molecule has 7 heteroatoms. The quantitative estimate of drug-likeness (QED) is 0.768. The first-order chi connectivity index (χ1) is 12.4. The molecule has 1 saturated heterocycles. The van der Waals surface area contributed by atoms with Crippen LogP contribution in [0.5, 0.6) is 0 Å². The van der Waals surface area contributed by atoms with Gasteiger partial charge in [-0.2, -0.15) is 18.3 Å². The minimum atomic E-state index is -4.07. The maximum absolute atomic E-state index is 12.9. The molecule has 26 heavy (non-hydrogen) atoms. The number of halogens is 3. The van der Waals surface area contributed by atoms with Crippen molar-refractivity contribution in [1.29, 1.82) is 0 Å².